The van der Waals surface area contributed by atoms with Gasteiger partial charge in [-0.05, 0) is 49.5 Å². The quantitative estimate of drug-likeness (QED) is 0.649. The number of rotatable bonds is 3. The summed E-state index contributed by atoms with van der Waals surface area (Å²) >= 11 is 1.66. The molecule has 1 aromatic carbocycles. The Hall–Kier alpha value is -2.67. The predicted molar refractivity (Wildman–Crippen MR) is 98.0 cm³/mol. The molecule has 0 bridgehead atoms. The molecule has 2 aromatic rings. The largest absolute Gasteiger partial charge is 0.353 e. The summed E-state index contributed by atoms with van der Waals surface area (Å²) in [7, 11) is 0. The van der Waals surface area contributed by atoms with Gasteiger partial charge >= 0.3 is 0 Å². The minimum absolute atomic E-state index is 0.0492. The lowest BCUT2D eigenvalue weighted by Crippen LogP contribution is -2.43. The fourth-order valence-electron chi connectivity index (χ4n) is 3.39. The molecule has 0 saturated heterocycles. The van der Waals surface area contributed by atoms with Crippen LogP contribution >= 0.6 is 11.3 Å². The van der Waals surface area contributed by atoms with Gasteiger partial charge in [0.1, 0.15) is 11.2 Å². The van der Waals surface area contributed by atoms with Gasteiger partial charge in [-0.3, -0.25) is 14.9 Å². The van der Waals surface area contributed by atoms with Crippen LogP contribution in [-0.2, 0) is 12.8 Å². The second-order valence-electron chi connectivity index (χ2n) is 6.19. The van der Waals surface area contributed by atoms with Gasteiger partial charge < -0.3 is 10.6 Å². The molecule has 4 rings (SSSR count). The zero-order valence-electron chi connectivity index (χ0n) is 13.5. The number of aryl methyl sites for hydroxylation is 1. The molecule has 1 aliphatic heterocycles. The van der Waals surface area contributed by atoms with E-state index in [9.17, 15) is 14.9 Å². The molecular weight excluding hydrogens is 338 g/mol. The molecule has 25 heavy (non-hydrogen) atoms. The van der Waals surface area contributed by atoms with Gasteiger partial charge in [0.2, 0.25) is 0 Å². The molecule has 1 amide bonds. The molecule has 2 N–H and O–H groups in total. The van der Waals surface area contributed by atoms with Crippen LogP contribution < -0.4 is 10.6 Å². The predicted octanol–water partition coefficient (Wildman–Crippen LogP) is 3.73. The van der Waals surface area contributed by atoms with E-state index < -0.39 is 4.92 Å². The molecule has 2 aliphatic rings. The Kier molecular flexibility index (Phi) is 4.01. The zero-order valence-corrected chi connectivity index (χ0v) is 14.3. The van der Waals surface area contributed by atoms with Crippen LogP contribution in [0.25, 0.3) is 6.08 Å². The third-order valence-electron chi connectivity index (χ3n) is 4.57. The SMILES string of the molecule is O=C1NC(C=Cc2ccccc2[N+](=O)[O-])Nc2sc3c(c21)CCCC3. The number of nitrogens with zero attached hydrogens (tertiary/aromatic N) is 1. The van der Waals surface area contributed by atoms with Crippen molar-refractivity contribution >= 4 is 34.0 Å². The van der Waals surface area contributed by atoms with Gasteiger partial charge in [0.25, 0.3) is 11.6 Å². The molecule has 128 valence electrons. The first-order valence-electron chi connectivity index (χ1n) is 8.27. The maximum absolute atomic E-state index is 12.5. The Labute approximate surface area is 148 Å². The van der Waals surface area contributed by atoms with Crippen LogP contribution in [0.3, 0.4) is 0 Å². The highest BCUT2D eigenvalue weighted by molar-refractivity contribution is 7.16. The van der Waals surface area contributed by atoms with Crippen molar-refractivity contribution < 1.29 is 9.72 Å². The summed E-state index contributed by atoms with van der Waals surface area (Å²) < 4.78 is 0. The Morgan fingerprint density at radius 3 is 2.84 bits per heavy atom. The fraction of sp³-hybridized carbons (Fsp3) is 0.278. The molecule has 1 aromatic heterocycles. The summed E-state index contributed by atoms with van der Waals surface area (Å²) in [5, 5.41) is 18.3. The summed E-state index contributed by atoms with van der Waals surface area (Å²) in [4.78, 5) is 24.5. The molecule has 6 nitrogen and oxygen atoms in total. The second kappa shape index (κ2) is 6.33. The lowest BCUT2D eigenvalue weighted by atomic mass is 9.94. The molecule has 0 radical (unpaired) electrons. The topological polar surface area (TPSA) is 84.3 Å². The van der Waals surface area contributed by atoms with Crippen LogP contribution in [0.2, 0.25) is 0 Å². The normalized spacial score (nSPS) is 19.0. The third-order valence-corrected chi connectivity index (χ3v) is 5.80. The van der Waals surface area contributed by atoms with Crippen molar-refractivity contribution in [3.05, 3.63) is 62.0 Å². The Bertz CT molecular complexity index is 888. The second-order valence-corrected chi connectivity index (χ2v) is 7.29. The molecule has 2 heterocycles. The Balaban J connectivity index is 1.59. The van der Waals surface area contributed by atoms with E-state index in [2.05, 4.69) is 10.6 Å². The monoisotopic (exact) mass is 355 g/mol. The van der Waals surface area contributed by atoms with Crippen LogP contribution in [0.15, 0.2) is 30.3 Å². The number of anilines is 1. The smallest absolute Gasteiger partial charge is 0.276 e. The van der Waals surface area contributed by atoms with Crippen molar-refractivity contribution in [3.63, 3.8) is 0 Å². The standard InChI is InChI=1S/C18H17N3O3S/c22-17-16-12-6-2-4-8-14(12)25-18(16)20-15(19-17)10-9-11-5-1-3-7-13(11)21(23)24/h1,3,5,7,9-10,15,20H,2,4,6,8H2,(H,19,22). The highest BCUT2D eigenvalue weighted by Gasteiger charge is 2.30. The summed E-state index contributed by atoms with van der Waals surface area (Å²) in [5.41, 5.74) is 2.54. The molecule has 1 unspecified atom stereocenters. The van der Waals surface area contributed by atoms with E-state index in [-0.39, 0.29) is 17.8 Å². The van der Waals surface area contributed by atoms with Crippen molar-refractivity contribution in [1.82, 2.24) is 5.32 Å². The van der Waals surface area contributed by atoms with Crippen molar-refractivity contribution in [1.29, 1.82) is 0 Å². The number of hydrogen-bond donors (Lipinski definition) is 2. The first kappa shape index (κ1) is 15.8. The van der Waals surface area contributed by atoms with Crippen molar-refractivity contribution in [2.24, 2.45) is 0 Å². The van der Waals surface area contributed by atoms with Gasteiger partial charge in [0, 0.05) is 10.9 Å². The summed E-state index contributed by atoms with van der Waals surface area (Å²) in [6, 6.07) is 6.55. The number of nitro benzene ring substituents is 1. The number of fused-ring (bicyclic) bond motifs is 3. The number of amides is 1. The van der Waals surface area contributed by atoms with Gasteiger partial charge in [-0.2, -0.15) is 0 Å². The summed E-state index contributed by atoms with van der Waals surface area (Å²) in [6.07, 6.45) is 7.36. The zero-order chi connectivity index (χ0) is 17.4. The first-order chi connectivity index (χ1) is 12.1. The maximum Gasteiger partial charge on any atom is 0.276 e. The molecular formula is C18H17N3O3S. The first-order valence-corrected chi connectivity index (χ1v) is 9.08. The fourth-order valence-corrected chi connectivity index (χ4v) is 4.71. The highest BCUT2D eigenvalue weighted by atomic mass is 32.1. The minimum Gasteiger partial charge on any atom is -0.353 e. The van der Waals surface area contributed by atoms with Crippen LogP contribution in [-0.4, -0.2) is 17.0 Å². The van der Waals surface area contributed by atoms with Gasteiger partial charge in [0.05, 0.1) is 16.1 Å². The number of para-hydroxylation sites is 1. The van der Waals surface area contributed by atoms with Crippen molar-refractivity contribution in [2.45, 2.75) is 31.8 Å². The molecule has 0 fully saturated rings. The number of carbonyl (C=O) groups is 1. The molecule has 7 heteroatoms. The highest BCUT2D eigenvalue weighted by Crippen LogP contribution is 2.39. The number of hydrogen-bond acceptors (Lipinski definition) is 5. The van der Waals surface area contributed by atoms with E-state index in [1.165, 1.54) is 22.9 Å². The maximum atomic E-state index is 12.5. The number of benzene rings is 1. The van der Waals surface area contributed by atoms with Crippen LogP contribution in [0, 0.1) is 10.1 Å². The van der Waals surface area contributed by atoms with Gasteiger partial charge in [-0.1, -0.05) is 12.1 Å². The Morgan fingerprint density at radius 2 is 2.00 bits per heavy atom. The summed E-state index contributed by atoms with van der Waals surface area (Å²) in [6.45, 7) is 0. The average molecular weight is 355 g/mol. The van der Waals surface area contributed by atoms with Crippen molar-refractivity contribution in [2.75, 3.05) is 5.32 Å². The number of carbonyl (C=O) groups excluding carboxylic acids is 1. The van der Waals surface area contributed by atoms with E-state index in [0.29, 0.717) is 5.56 Å². The lowest BCUT2D eigenvalue weighted by molar-refractivity contribution is -0.385. The number of nitrogens with one attached hydrogen (secondary N) is 2. The van der Waals surface area contributed by atoms with E-state index in [1.54, 1.807) is 41.7 Å². The van der Waals surface area contributed by atoms with Crippen LogP contribution in [0.4, 0.5) is 10.7 Å². The van der Waals surface area contributed by atoms with Crippen LogP contribution in [0.5, 0.6) is 0 Å². The Morgan fingerprint density at radius 1 is 1.20 bits per heavy atom. The summed E-state index contributed by atoms with van der Waals surface area (Å²) in [5.74, 6) is -0.0645. The minimum atomic E-state index is -0.405. The van der Waals surface area contributed by atoms with E-state index in [1.807, 2.05) is 0 Å². The number of thiophene rings is 1. The van der Waals surface area contributed by atoms with Gasteiger partial charge in [0.15, 0.2) is 0 Å². The molecule has 1 aliphatic carbocycles. The average Bonchev–Trinajstić information content (AvgIpc) is 2.99. The third kappa shape index (κ3) is 2.91. The molecule has 0 saturated carbocycles. The van der Waals surface area contributed by atoms with E-state index in [0.717, 1.165) is 29.8 Å². The molecule has 0 spiro atoms. The van der Waals surface area contributed by atoms with Crippen molar-refractivity contribution in [3.8, 4) is 0 Å². The lowest BCUT2D eigenvalue weighted by Gasteiger charge is -2.24. The number of nitro groups is 1. The van der Waals surface area contributed by atoms with Crippen LogP contribution in [0.1, 0.15) is 39.2 Å². The van der Waals surface area contributed by atoms with Gasteiger partial charge in [-0.15, -0.1) is 11.3 Å². The van der Waals surface area contributed by atoms with E-state index in [4.69, 9.17) is 0 Å². The van der Waals surface area contributed by atoms with Gasteiger partial charge in [-0.25, -0.2) is 0 Å². The molecule has 1 atom stereocenters. The van der Waals surface area contributed by atoms with E-state index >= 15 is 0 Å².